The molecule has 1 aliphatic heterocycles. The molecule has 1 saturated carbocycles. The van der Waals surface area contributed by atoms with Crippen LogP contribution in [0.2, 0.25) is 0 Å². The van der Waals surface area contributed by atoms with Gasteiger partial charge in [-0.1, -0.05) is 87.8 Å². The lowest BCUT2D eigenvalue weighted by atomic mass is 9.83. The average molecular weight is 503 g/mol. The van der Waals surface area contributed by atoms with Crippen LogP contribution in [0.5, 0.6) is 0 Å². The summed E-state index contributed by atoms with van der Waals surface area (Å²) in [6.45, 7) is 9.44. The molecule has 0 saturated heterocycles. The molecule has 7 rings (SSSR count). The molecule has 2 heterocycles. The number of aryl methyl sites for hydroxylation is 2. The number of hydrogen-bond donors (Lipinski definition) is 0. The number of nitrogens with zero attached hydrogens (tertiary/aromatic N) is 1. The molecule has 2 aliphatic rings. The van der Waals surface area contributed by atoms with Gasteiger partial charge in [0.25, 0.3) is 0 Å². The van der Waals surface area contributed by atoms with Gasteiger partial charge < -0.3 is 0 Å². The molecule has 4 aromatic carbocycles. The van der Waals surface area contributed by atoms with E-state index >= 15 is 0 Å². The van der Waals surface area contributed by atoms with Crippen LogP contribution in [0.25, 0.3) is 43.6 Å². The van der Waals surface area contributed by atoms with Crippen molar-refractivity contribution in [1.29, 1.82) is 0 Å². The maximum Gasteiger partial charge on any atom is 0.222 e. The van der Waals surface area contributed by atoms with Gasteiger partial charge in [0.2, 0.25) is 5.69 Å². The van der Waals surface area contributed by atoms with Crippen molar-refractivity contribution in [2.75, 3.05) is 0 Å². The predicted octanol–water partition coefficient (Wildman–Crippen LogP) is 9.66. The first kappa shape index (κ1) is 23.3. The van der Waals surface area contributed by atoms with Crippen molar-refractivity contribution in [1.82, 2.24) is 0 Å². The van der Waals surface area contributed by atoms with Crippen LogP contribution in [0.4, 0.5) is 0 Å². The second-order valence-corrected chi connectivity index (χ2v) is 13.6. The van der Waals surface area contributed by atoms with Gasteiger partial charge in [-0.2, -0.15) is 0 Å². The highest BCUT2D eigenvalue weighted by molar-refractivity contribution is 8.00. The Labute approximate surface area is 224 Å². The zero-order valence-electron chi connectivity index (χ0n) is 22.7. The Kier molecular flexibility index (Phi) is 5.24. The van der Waals surface area contributed by atoms with E-state index in [1.807, 2.05) is 11.8 Å². The van der Waals surface area contributed by atoms with Gasteiger partial charge in [0.1, 0.15) is 7.05 Å². The van der Waals surface area contributed by atoms with Gasteiger partial charge in [0.15, 0.2) is 6.20 Å². The number of benzene rings is 4. The fraction of sp³-hybridized carbons (Fsp3) is 0.343. The molecule has 1 aliphatic carbocycles. The van der Waals surface area contributed by atoms with E-state index in [1.54, 1.807) is 0 Å². The van der Waals surface area contributed by atoms with E-state index in [4.69, 9.17) is 0 Å². The minimum Gasteiger partial charge on any atom is -0.200 e. The van der Waals surface area contributed by atoms with E-state index in [0.29, 0.717) is 0 Å². The number of hydrogen-bond acceptors (Lipinski definition) is 1. The van der Waals surface area contributed by atoms with Crippen LogP contribution in [0.15, 0.2) is 70.6 Å². The molecule has 1 nitrogen and oxygen atoms in total. The third-order valence-electron chi connectivity index (χ3n) is 8.74. The van der Waals surface area contributed by atoms with E-state index in [0.717, 1.165) is 12.3 Å². The molecule has 0 unspecified atom stereocenters. The molecular weight excluding hydrogens is 466 g/mol. The van der Waals surface area contributed by atoms with Crippen molar-refractivity contribution in [3.63, 3.8) is 0 Å². The van der Waals surface area contributed by atoms with Gasteiger partial charge in [0.05, 0.1) is 10.9 Å². The number of pyridine rings is 1. The second kappa shape index (κ2) is 8.33. The van der Waals surface area contributed by atoms with Crippen LogP contribution < -0.4 is 4.57 Å². The van der Waals surface area contributed by atoms with E-state index in [1.165, 1.54) is 95.7 Å². The topological polar surface area (TPSA) is 3.88 Å². The fourth-order valence-electron chi connectivity index (χ4n) is 7.03. The highest BCUT2D eigenvalue weighted by Gasteiger charge is 2.33. The van der Waals surface area contributed by atoms with E-state index in [9.17, 15) is 0 Å². The standard InChI is InChI=1S/C35H36NS/c1-21-25-12-8-9-13-26(25)29(20-35(2,3)4)34-31(21)33-32-27(16-17-36(33)5)28-18-23(22-10-6-7-11-22)14-15-24(28)19-30(32)37-34/h8-9,12-19,22H,6-7,10-11,20H2,1-5H3/q+1. The zero-order chi connectivity index (χ0) is 25.5. The normalized spacial score (nSPS) is 15.7. The smallest absolute Gasteiger partial charge is 0.200 e. The minimum atomic E-state index is 0.209. The zero-order valence-corrected chi connectivity index (χ0v) is 23.6. The van der Waals surface area contributed by atoms with Gasteiger partial charge in [-0.15, -0.1) is 0 Å². The summed E-state index contributed by atoms with van der Waals surface area (Å²) in [6.07, 6.45) is 8.79. The molecule has 0 N–H and O–H groups in total. The molecule has 186 valence electrons. The molecule has 0 radical (unpaired) electrons. The van der Waals surface area contributed by atoms with Crippen LogP contribution in [-0.4, -0.2) is 0 Å². The molecule has 0 spiro atoms. The molecular formula is C35H36NS+. The molecule has 37 heavy (non-hydrogen) atoms. The Balaban J connectivity index is 1.58. The summed E-state index contributed by atoms with van der Waals surface area (Å²) in [4.78, 5) is 2.86. The summed E-state index contributed by atoms with van der Waals surface area (Å²) >= 11 is 2.01. The Morgan fingerprint density at radius 1 is 0.892 bits per heavy atom. The molecule has 1 fully saturated rings. The number of fused-ring (bicyclic) bond motifs is 5. The maximum atomic E-state index is 2.52. The van der Waals surface area contributed by atoms with Crippen LogP contribution in [0.1, 0.15) is 69.1 Å². The maximum absolute atomic E-state index is 2.52. The van der Waals surface area contributed by atoms with Crippen molar-refractivity contribution in [2.45, 2.75) is 75.5 Å². The van der Waals surface area contributed by atoms with E-state index in [-0.39, 0.29) is 5.41 Å². The first-order valence-corrected chi connectivity index (χ1v) is 14.7. The van der Waals surface area contributed by atoms with Crippen molar-refractivity contribution in [3.8, 4) is 11.3 Å². The molecule has 0 atom stereocenters. The Morgan fingerprint density at radius 3 is 2.41 bits per heavy atom. The Hall–Kier alpha value is -2.84. The largest absolute Gasteiger partial charge is 0.222 e. The quantitative estimate of drug-likeness (QED) is 0.168. The SMILES string of the molecule is Cc1c2c(c(CC(C)(C)C)c3ccccc13)Sc1cc3ccc(C4CCCC4)cc3c3cc[n+](C)c-2c13. The van der Waals surface area contributed by atoms with Crippen LogP contribution in [0.3, 0.4) is 0 Å². The highest BCUT2D eigenvalue weighted by Crippen LogP contribution is 2.53. The average Bonchev–Trinajstić information content (AvgIpc) is 3.42. The van der Waals surface area contributed by atoms with Gasteiger partial charge in [-0.05, 0) is 81.8 Å². The lowest BCUT2D eigenvalue weighted by molar-refractivity contribution is -0.659. The van der Waals surface area contributed by atoms with Crippen molar-refractivity contribution in [2.24, 2.45) is 12.5 Å². The van der Waals surface area contributed by atoms with Crippen LogP contribution in [0, 0.1) is 12.3 Å². The first-order valence-electron chi connectivity index (χ1n) is 13.9. The third kappa shape index (κ3) is 3.63. The summed E-state index contributed by atoms with van der Waals surface area (Å²) < 4.78 is 2.37. The molecule has 0 bridgehead atoms. The van der Waals surface area contributed by atoms with Crippen molar-refractivity contribution >= 4 is 44.1 Å². The van der Waals surface area contributed by atoms with Crippen LogP contribution in [-0.2, 0) is 13.5 Å². The van der Waals surface area contributed by atoms with E-state index < -0.39 is 0 Å². The summed E-state index contributed by atoms with van der Waals surface area (Å²) in [5.41, 5.74) is 7.48. The lowest BCUT2D eigenvalue weighted by Crippen LogP contribution is -2.32. The molecule has 1 aromatic heterocycles. The van der Waals surface area contributed by atoms with Crippen LogP contribution >= 0.6 is 11.8 Å². The van der Waals surface area contributed by atoms with Gasteiger partial charge in [-0.25, -0.2) is 4.57 Å². The van der Waals surface area contributed by atoms with Gasteiger partial charge in [-0.3, -0.25) is 0 Å². The molecule has 2 heteroatoms. The fourth-order valence-corrected chi connectivity index (χ4v) is 8.40. The monoisotopic (exact) mass is 502 g/mol. The summed E-state index contributed by atoms with van der Waals surface area (Å²) in [5, 5.41) is 8.44. The predicted molar refractivity (Wildman–Crippen MR) is 159 cm³/mol. The highest BCUT2D eigenvalue weighted by atomic mass is 32.2. The minimum absolute atomic E-state index is 0.209. The van der Waals surface area contributed by atoms with Gasteiger partial charge in [0, 0.05) is 21.2 Å². The summed E-state index contributed by atoms with van der Waals surface area (Å²) in [7, 11) is 2.23. The number of rotatable bonds is 2. The number of aromatic nitrogens is 1. The van der Waals surface area contributed by atoms with Crippen molar-refractivity contribution < 1.29 is 4.57 Å². The Bertz CT molecular complexity index is 1730. The lowest BCUT2D eigenvalue weighted by Gasteiger charge is -2.28. The summed E-state index contributed by atoms with van der Waals surface area (Å²) in [6, 6.07) is 21.2. The molecule has 0 amide bonds. The Morgan fingerprint density at radius 2 is 1.65 bits per heavy atom. The van der Waals surface area contributed by atoms with Crippen molar-refractivity contribution in [3.05, 3.63) is 77.5 Å². The second-order valence-electron chi connectivity index (χ2n) is 12.6. The summed E-state index contributed by atoms with van der Waals surface area (Å²) in [5.74, 6) is 0.731. The first-order chi connectivity index (χ1) is 17.8. The third-order valence-corrected chi connectivity index (χ3v) is 9.94. The van der Waals surface area contributed by atoms with Gasteiger partial charge >= 0.3 is 0 Å². The molecule has 5 aromatic rings. The van der Waals surface area contributed by atoms with E-state index in [2.05, 4.69) is 100 Å².